The van der Waals surface area contributed by atoms with E-state index in [9.17, 15) is 9.59 Å². The Hall–Kier alpha value is -2.36. The summed E-state index contributed by atoms with van der Waals surface area (Å²) in [5, 5.41) is 4.99. The lowest BCUT2D eigenvalue weighted by molar-refractivity contribution is -0.128. The van der Waals surface area contributed by atoms with E-state index in [1.165, 1.54) is 0 Å². The zero-order chi connectivity index (χ0) is 16.1. The number of rotatable bonds is 6. The lowest BCUT2D eigenvalue weighted by atomic mass is 9.98. The largest absolute Gasteiger partial charge is 0.368 e. The standard InChI is InChI=1S/C18H22N2O2/c1-3-12(2)17(18(19)22)20-16(21)11-13-8-9-14-6-4-5-7-15(14)10-13/h4-10,12,17H,3,11H2,1-2H3,(H2,19,22)(H,20,21)/t12-,17+/m0/s1. The predicted octanol–water partition coefficient (Wildman–Crippen LogP) is 2.40. The summed E-state index contributed by atoms with van der Waals surface area (Å²) in [6.07, 6.45) is 1.02. The highest BCUT2D eigenvalue weighted by atomic mass is 16.2. The molecule has 0 aliphatic heterocycles. The molecule has 2 atom stereocenters. The molecule has 4 nitrogen and oxygen atoms in total. The van der Waals surface area contributed by atoms with Crippen LogP contribution in [0.1, 0.15) is 25.8 Å². The number of amides is 2. The second kappa shape index (κ2) is 7.07. The third-order valence-electron chi connectivity index (χ3n) is 4.01. The first-order valence-electron chi connectivity index (χ1n) is 7.57. The molecular formula is C18H22N2O2. The van der Waals surface area contributed by atoms with Crippen LogP contribution < -0.4 is 11.1 Å². The Balaban J connectivity index is 2.08. The fourth-order valence-corrected chi connectivity index (χ4v) is 2.49. The highest BCUT2D eigenvalue weighted by molar-refractivity contribution is 5.89. The van der Waals surface area contributed by atoms with Crippen molar-refractivity contribution >= 4 is 22.6 Å². The first-order chi connectivity index (χ1) is 10.5. The number of carbonyl (C=O) groups excluding carboxylic acids is 2. The van der Waals surface area contributed by atoms with E-state index in [0.717, 1.165) is 22.8 Å². The van der Waals surface area contributed by atoms with Gasteiger partial charge >= 0.3 is 0 Å². The lowest BCUT2D eigenvalue weighted by Crippen LogP contribution is -2.48. The summed E-state index contributed by atoms with van der Waals surface area (Å²) in [5.41, 5.74) is 6.30. The van der Waals surface area contributed by atoms with Gasteiger partial charge in [0.1, 0.15) is 6.04 Å². The lowest BCUT2D eigenvalue weighted by Gasteiger charge is -2.21. The summed E-state index contributed by atoms with van der Waals surface area (Å²) in [4.78, 5) is 23.6. The van der Waals surface area contributed by atoms with E-state index in [1.807, 2.05) is 56.3 Å². The highest BCUT2D eigenvalue weighted by Crippen LogP contribution is 2.16. The fourth-order valence-electron chi connectivity index (χ4n) is 2.49. The number of carbonyl (C=O) groups is 2. The van der Waals surface area contributed by atoms with Crippen LogP contribution in [-0.4, -0.2) is 17.9 Å². The Morgan fingerprint density at radius 1 is 1.14 bits per heavy atom. The topological polar surface area (TPSA) is 72.2 Å². The number of benzene rings is 2. The van der Waals surface area contributed by atoms with Crippen molar-refractivity contribution in [3.8, 4) is 0 Å². The van der Waals surface area contributed by atoms with Gasteiger partial charge in [0, 0.05) is 0 Å². The predicted molar refractivity (Wildman–Crippen MR) is 88.2 cm³/mol. The molecule has 0 aliphatic carbocycles. The van der Waals surface area contributed by atoms with Gasteiger partial charge in [-0.3, -0.25) is 9.59 Å². The average Bonchev–Trinajstić information content (AvgIpc) is 2.51. The molecule has 0 heterocycles. The van der Waals surface area contributed by atoms with Gasteiger partial charge in [-0.2, -0.15) is 0 Å². The molecule has 0 unspecified atom stereocenters. The Morgan fingerprint density at radius 3 is 2.45 bits per heavy atom. The Labute approximate surface area is 130 Å². The molecule has 0 saturated carbocycles. The van der Waals surface area contributed by atoms with Gasteiger partial charge in [0.2, 0.25) is 11.8 Å². The molecule has 2 aromatic carbocycles. The van der Waals surface area contributed by atoms with Crippen molar-refractivity contribution in [2.75, 3.05) is 0 Å². The number of hydrogen-bond acceptors (Lipinski definition) is 2. The maximum atomic E-state index is 12.2. The molecule has 0 radical (unpaired) electrons. The molecule has 0 aliphatic rings. The molecule has 2 aromatic rings. The molecule has 0 fully saturated rings. The van der Waals surface area contributed by atoms with Crippen LogP contribution in [0.5, 0.6) is 0 Å². The van der Waals surface area contributed by atoms with Crippen LogP contribution in [-0.2, 0) is 16.0 Å². The summed E-state index contributed by atoms with van der Waals surface area (Å²) in [5.74, 6) is -0.640. The maximum Gasteiger partial charge on any atom is 0.240 e. The number of fused-ring (bicyclic) bond motifs is 1. The van der Waals surface area contributed by atoms with Crippen LogP contribution in [0.15, 0.2) is 42.5 Å². The SMILES string of the molecule is CC[C@H](C)[C@@H](NC(=O)Cc1ccc2ccccc2c1)C(N)=O. The van der Waals surface area contributed by atoms with E-state index in [-0.39, 0.29) is 18.2 Å². The van der Waals surface area contributed by atoms with Crippen molar-refractivity contribution in [1.29, 1.82) is 0 Å². The van der Waals surface area contributed by atoms with Crippen LogP contribution in [0.3, 0.4) is 0 Å². The van der Waals surface area contributed by atoms with Crippen molar-refractivity contribution in [2.45, 2.75) is 32.7 Å². The number of primary amides is 1. The molecular weight excluding hydrogens is 276 g/mol. The molecule has 0 spiro atoms. The summed E-state index contributed by atoms with van der Waals surface area (Å²) in [6.45, 7) is 3.88. The Morgan fingerprint density at radius 2 is 1.82 bits per heavy atom. The third-order valence-corrected chi connectivity index (χ3v) is 4.01. The summed E-state index contributed by atoms with van der Waals surface area (Å²) >= 11 is 0. The molecule has 116 valence electrons. The Kier molecular flexibility index (Phi) is 5.15. The average molecular weight is 298 g/mol. The van der Waals surface area contributed by atoms with E-state index in [2.05, 4.69) is 5.32 Å². The molecule has 0 bridgehead atoms. The van der Waals surface area contributed by atoms with Gasteiger partial charge in [0.15, 0.2) is 0 Å². The third kappa shape index (κ3) is 3.85. The molecule has 2 rings (SSSR count). The van der Waals surface area contributed by atoms with E-state index >= 15 is 0 Å². The van der Waals surface area contributed by atoms with Gasteiger partial charge in [0.05, 0.1) is 6.42 Å². The van der Waals surface area contributed by atoms with Gasteiger partial charge < -0.3 is 11.1 Å². The monoisotopic (exact) mass is 298 g/mol. The molecule has 2 amide bonds. The number of hydrogen-bond donors (Lipinski definition) is 2. The van der Waals surface area contributed by atoms with Crippen molar-refractivity contribution in [2.24, 2.45) is 11.7 Å². The van der Waals surface area contributed by atoms with E-state index in [4.69, 9.17) is 5.73 Å². The number of nitrogens with two attached hydrogens (primary N) is 1. The zero-order valence-corrected chi connectivity index (χ0v) is 13.0. The van der Waals surface area contributed by atoms with E-state index in [0.29, 0.717) is 0 Å². The maximum absolute atomic E-state index is 12.2. The minimum absolute atomic E-state index is 0.0260. The van der Waals surface area contributed by atoms with Gasteiger partial charge in [0.25, 0.3) is 0 Å². The Bertz CT molecular complexity index is 682. The highest BCUT2D eigenvalue weighted by Gasteiger charge is 2.23. The van der Waals surface area contributed by atoms with Crippen LogP contribution in [0.25, 0.3) is 10.8 Å². The van der Waals surface area contributed by atoms with Gasteiger partial charge in [-0.25, -0.2) is 0 Å². The first kappa shape index (κ1) is 16.0. The second-order valence-electron chi connectivity index (χ2n) is 5.69. The first-order valence-corrected chi connectivity index (χ1v) is 7.57. The van der Waals surface area contributed by atoms with Gasteiger partial charge in [-0.1, -0.05) is 62.7 Å². The van der Waals surface area contributed by atoms with Crippen molar-refractivity contribution < 1.29 is 9.59 Å². The van der Waals surface area contributed by atoms with Gasteiger partial charge in [-0.05, 0) is 22.3 Å². The second-order valence-corrected chi connectivity index (χ2v) is 5.69. The van der Waals surface area contributed by atoms with Crippen LogP contribution in [0.2, 0.25) is 0 Å². The minimum atomic E-state index is -0.613. The molecule has 4 heteroatoms. The van der Waals surface area contributed by atoms with Crippen molar-refractivity contribution in [3.05, 3.63) is 48.0 Å². The summed E-state index contributed by atoms with van der Waals surface area (Å²) in [6, 6.07) is 13.3. The summed E-state index contributed by atoms with van der Waals surface area (Å²) in [7, 11) is 0. The van der Waals surface area contributed by atoms with Gasteiger partial charge in [-0.15, -0.1) is 0 Å². The minimum Gasteiger partial charge on any atom is -0.368 e. The summed E-state index contributed by atoms with van der Waals surface area (Å²) < 4.78 is 0. The quantitative estimate of drug-likeness (QED) is 0.859. The zero-order valence-electron chi connectivity index (χ0n) is 13.0. The van der Waals surface area contributed by atoms with Crippen molar-refractivity contribution in [3.63, 3.8) is 0 Å². The molecule has 0 saturated heterocycles. The van der Waals surface area contributed by atoms with E-state index < -0.39 is 11.9 Å². The fraction of sp³-hybridized carbons (Fsp3) is 0.333. The number of nitrogens with one attached hydrogen (secondary N) is 1. The molecule has 0 aromatic heterocycles. The van der Waals surface area contributed by atoms with Crippen LogP contribution in [0, 0.1) is 5.92 Å². The molecule has 3 N–H and O–H groups in total. The smallest absolute Gasteiger partial charge is 0.240 e. The van der Waals surface area contributed by atoms with Crippen LogP contribution >= 0.6 is 0 Å². The molecule has 22 heavy (non-hydrogen) atoms. The van der Waals surface area contributed by atoms with Crippen LogP contribution in [0.4, 0.5) is 0 Å². The van der Waals surface area contributed by atoms with Crippen molar-refractivity contribution in [1.82, 2.24) is 5.32 Å². The normalized spacial score (nSPS) is 13.5. The van der Waals surface area contributed by atoms with E-state index in [1.54, 1.807) is 0 Å².